The maximum Gasteiger partial charge on any atom is 0.243 e. The number of carbonyl (C=O) groups excluding carboxylic acids is 1. The fourth-order valence-corrected chi connectivity index (χ4v) is 3.70. The van der Waals surface area contributed by atoms with Gasteiger partial charge < -0.3 is 5.32 Å². The van der Waals surface area contributed by atoms with Crippen LogP contribution in [0.25, 0.3) is 5.69 Å². The number of hydrogen-bond acceptors (Lipinski definition) is 5. The molecule has 11 heteroatoms. The SMILES string of the molecule is CN(CC(=O)Nc1cc(Cl)ccc1-n1cncn1)S(=O)(=O)c1ccc(F)cc1. The number of hydrogen-bond donors (Lipinski definition) is 1. The van der Waals surface area contributed by atoms with Gasteiger partial charge in [0.1, 0.15) is 18.5 Å². The first kappa shape index (κ1) is 19.9. The van der Waals surface area contributed by atoms with Crippen LogP contribution in [-0.2, 0) is 14.8 Å². The van der Waals surface area contributed by atoms with Crippen molar-refractivity contribution in [3.63, 3.8) is 0 Å². The molecule has 0 aliphatic heterocycles. The molecule has 0 saturated heterocycles. The monoisotopic (exact) mass is 423 g/mol. The van der Waals surface area contributed by atoms with Crippen molar-refractivity contribution in [1.82, 2.24) is 19.1 Å². The normalized spacial score (nSPS) is 11.6. The lowest BCUT2D eigenvalue weighted by molar-refractivity contribution is -0.116. The number of aromatic nitrogens is 3. The number of benzene rings is 2. The summed E-state index contributed by atoms with van der Waals surface area (Å²) in [5.74, 6) is -1.14. The number of carbonyl (C=O) groups is 1. The highest BCUT2D eigenvalue weighted by atomic mass is 35.5. The predicted octanol–water partition coefficient (Wildman–Crippen LogP) is 2.32. The number of nitrogens with one attached hydrogen (secondary N) is 1. The van der Waals surface area contributed by atoms with Gasteiger partial charge >= 0.3 is 0 Å². The summed E-state index contributed by atoms with van der Waals surface area (Å²) in [6, 6.07) is 9.14. The zero-order valence-electron chi connectivity index (χ0n) is 14.6. The molecule has 0 aliphatic carbocycles. The van der Waals surface area contributed by atoms with E-state index in [1.807, 2.05) is 0 Å². The van der Waals surface area contributed by atoms with Gasteiger partial charge in [-0.15, -0.1) is 0 Å². The molecule has 0 fully saturated rings. The molecule has 0 unspecified atom stereocenters. The highest BCUT2D eigenvalue weighted by Gasteiger charge is 2.23. The van der Waals surface area contributed by atoms with Crippen molar-refractivity contribution in [3.05, 3.63) is 66.0 Å². The Bertz CT molecular complexity index is 1090. The van der Waals surface area contributed by atoms with E-state index in [2.05, 4.69) is 15.4 Å². The van der Waals surface area contributed by atoms with E-state index in [1.165, 1.54) is 30.5 Å². The maximum atomic E-state index is 13.0. The van der Waals surface area contributed by atoms with Gasteiger partial charge in [-0.3, -0.25) is 4.79 Å². The molecule has 8 nitrogen and oxygen atoms in total. The summed E-state index contributed by atoms with van der Waals surface area (Å²) >= 11 is 6.00. The van der Waals surface area contributed by atoms with Crippen LogP contribution < -0.4 is 5.32 Å². The van der Waals surface area contributed by atoms with E-state index < -0.39 is 28.3 Å². The van der Waals surface area contributed by atoms with Crippen molar-refractivity contribution in [2.24, 2.45) is 0 Å². The van der Waals surface area contributed by atoms with Crippen LogP contribution in [0.5, 0.6) is 0 Å². The van der Waals surface area contributed by atoms with E-state index in [0.717, 1.165) is 28.6 Å². The molecule has 1 N–H and O–H groups in total. The zero-order valence-corrected chi connectivity index (χ0v) is 16.2. The van der Waals surface area contributed by atoms with Crippen LogP contribution in [0.1, 0.15) is 0 Å². The second-order valence-corrected chi connectivity index (χ2v) is 8.25. The van der Waals surface area contributed by atoms with Crippen molar-refractivity contribution in [2.45, 2.75) is 4.90 Å². The molecule has 28 heavy (non-hydrogen) atoms. The number of sulfonamides is 1. The standard InChI is InChI=1S/C17H15ClFN5O3S/c1-23(28(26,27)14-5-3-13(19)4-6-14)9-17(25)22-15-8-12(18)2-7-16(15)24-11-20-10-21-24/h2-8,10-11H,9H2,1H3,(H,22,25). The molecule has 3 rings (SSSR count). The molecule has 0 radical (unpaired) electrons. The topological polar surface area (TPSA) is 97.2 Å². The summed E-state index contributed by atoms with van der Waals surface area (Å²) < 4.78 is 40.4. The van der Waals surface area contributed by atoms with E-state index in [1.54, 1.807) is 12.1 Å². The Morgan fingerprint density at radius 1 is 1.25 bits per heavy atom. The summed E-state index contributed by atoms with van der Waals surface area (Å²) in [5, 5.41) is 7.01. The molecule has 146 valence electrons. The fraction of sp³-hybridized carbons (Fsp3) is 0.118. The van der Waals surface area contributed by atoms with Crippen LogP contribution in [0.4, 0.5) is 10.1 Å². The van der Waals surface area contributed by atoms with Crippen molar-refractivity contribution in [3.8, 4) is 5.69 Å². The maximum absolute atomic E-state index is 13.0. The first-order valence-corrected chi connectivity index (χ1v) is 9.75. The summed E-state index contributed by atoms with van der Waals surface area (Å²) in [5.41, 5.74) is 0.856. The van der Waals surface area contributed by atoms with E-state index >= 15 is 0 Å². The highest BCUT2D eigenvalue weighted by Crippen LogP contribution is 2.24. The number of anilines is 1. The van der Waals surface area contributed by atoms with Gasteiger partial charge in [-0.2, -0.15) is 9.40 Å². The number of halogens is 2. The predicted molar refractivity (Wildman–Crippen MR) is 101 cm³/mol. The second-order valence-electron chi connectivity index (χ2n) is 5.76. The Hall–Kier alpha value is -2.82. The Morgan fingerprint density at radius 2 is 1.96 bits per heavy atom. The van der Waals surface area contributed by atoms with Gasteiger partial charge in [0.25, 0.3) is 0 Å². The van der Waals surface area contributed by atoms with Gasteiger partial charge in [-0.05, 0) is 42.5 Å². The second kappa shape index (κ2) is 8.05. The van der Waals surface area contributed by atoms with E-state index in [9.17, 15) is 17.6 Å². The molecular formula is C17H15ClFN5O3S. The van der Waals surface area contributed by atoms with Crippen LogP contribution in [0.2, 0.25) is 5.02 Å². The minimum atomic E-state index is -3.95. The van der Waals surface area contributed by atoms with Crippen LogP contribution >= 0.6 is 11.6 Å². The molecule has 1 heterocycles. The molecule has 2 aromatic carbocycles. The van der Waals surface area contributed by atoms with E-state index in [-0.39, 0.29) is 4.90 Å². The van der Waals surface area contributed by atoms with Crippen LogP contribution in [0, 0.1) is 5.82 Å². The van der Waals surface area contributed by atoms with Gasteiger partial charge in [0.2, 0.25) is 15.9 Å². The number of likely N-dealkylation sites (N-methyl/N-ethyl adjacent to an activating group) is 1. The zero-order chi connectivity index (χ0) is 20.3. The molecule has 1 amide bonds. The average Bonchev–Trinajstić information content (AvgIpc) is 3.16. The van der Waals surface area contributed by atoms with Crippen LogP contribution in [0.15, 0.2) is 60.0 Å². The van der Waals surface area contributed by atoms with E-state index in [0.29, 0.717) is 16.4 Å². The lowest BCUT2D eigenvalue weighted by Crippen LogP contribution is -2.35. The average molecular weight is 424 g/mol. The van der Waals surface area contributed by atoms with Crippen LogP contribution in [0.3, 0.4) is 0 Å². The first-order chi connectivity index (χ1) is 13.3. The Morgan fingerprint density at radius 3 is 2.61 bits per heavy atom. The molecule has 0 saturated carbocycles. The van der Waals surface area contributed by atoms with E-state index in [4.69, 9.17) is 11.6 Å². The Labute approximate surface area is 165 Å². The molecule has 1 aromatic heterocycles. The summed E-state index contributed by atoms with van der Waals surface area (Å²) in [7, 11) is -2.69. The molecule has 0 bridgehead atoms. The minimum Gasteiger partial charge on any atom is -0.323 e. The summed E-state index contributed by atoms with van der Waals surface area (Å²) in [6.07, 6.45) is 2.78. The lowest BCUT2D eigenvalue weighted by Gasteiger charge is -2.18. The van der Waals surface area contributed by atoms with Gasteiger partial charge in [-0.25, -0.2) is 22.5 Å². The first-order valence-electron chi connectivity index (χ1n) is 7.93. The van der Waals surface area contributed by atoms with Crippen molar-refractivity contribution in [2.75, 3.05) is 18.9 Å². The van der Waals surface area contributed by atoms with Crippen molar-refractivity contribution >= 4 is 33.2 Å². The number of amides is 1. The Balaban J connectivity index is 1.77. The smallest absolute Gasteiger partial charge is 0.243 e. The molecule has 0 atom stereocenters. The van der Waals surface area contributed by atoms with Crippen molar-refractivity contribution < 1.29 is 17.6 Å². The third-order valence-electron chi connectivity index (χ3n) is 3.79. The van der Waals surface area contributed by atoms with Gasteiger partial charge in [-0.1, -0.05) is 11.6 Å². The third-order valence-corrected chi connectivity index (χ3v) is 5.84. The van der Waals surface area contributed by atoms with Crippen molar-refractivity contribution in [1.29, 1.82) is 0 Å². The minimum absolute atomic E-state index is 0.115. The molecule has 0 spiro atoms. The largest absolute Gasteiger partial charge is 0.323 e. The highest BCUT2D eigenvalue weighted by molar-refractivity contribution is 7.89. The number of nitrogens with zero attached hydrogens (tertiary/aromatic N) is 4. The van der Waals surface area contributed by atoms with Gasteiger partial charge in [0, 0.05) is 12.1 Å². The Kier molecular flexibility index (Phi) is 5.73. The molecule has 3 aromatic rings. The van der Waals surface area contributed by atoms with Gasteiger partial charge in [0.05, 0.1) is 22.8 Å². The quantitative estimate of drug-likeness (QED) is 0.656. The van der Waals surface area contributed by atoms with Crippen LogP contribution in [-0.4, -0.2) is 47.0 Å². The summed E-state index contributed by atoms with van der Waals surface area (Å²) in [4.78, 5) is 16.2. The molecule has 0 aliphatic rings. The van der Waals surface area contributed by atoms with Gasteiger partial charge in [0.15, 0.2) is 0 Å². The lowest BCUT2D eigenvalue weighted by atomic mass is 10.2. The molecular weight excluding hydrogens is 409 g/mol. The fourth-order valence-electron chi connectivity index (χ4n) is 2.40. The summed E-state index contributed by atoms with van der Waals surface area (Å²) in [6.45, 7) is -0.455. The number of rotatable bonds is 6. The third kappa shape index (κ3) is 4.35.